The highest BCUT2D eigenvalue weighted by Gasteiger charge is 2.19. The number of nitrogens with zero attached hydrogens (tertiary/aromatic N) is 2. The zero-order valence-corrected chi connectivity index (χ0v) is 10.8. The van der Waals surface area contributed by atoms with E-state index < -0.39 is 26.6 Å². The van der Waals surface area contributed by atoms with Crippen LogP contribution in [-0.4, -0.2) is 18.2 Å². The molecule has 19 heavy (non-hydrogen) atoms. The second kappa shape index (κ2) is 5.06. The molecular weight excluding hydrogens is 276 g/mol. The Hall–Kier alpha value is -1.80. The van der Waals surface area contributed by atoms with E-state index in [9.17, 15) is 17.2 Å². The standard InChI is InChI=1S/C11H11F2N3O2S/c1-16-5-4-9(15-16)7-14-19(17,18)11-3-2-8(12)6-10(11)13/h2-6,14H,7H2,1H3. The van der Waals surface area contributed by atoms with Gasteiger partial charge in [0.15, 0.2) is 0 Å². The molecule has 8 heteroatoms. The van der Waals surface area contributed by atoms with Crippen molar-refractivity contribution in [1.82, 2.24) is 14.5 Å². The lowest BCUT2D eigenvalue weighted by atomic mass is 10.3. The highest BCUT2D eigenvalue weighted by molar-refractivity contribution is 7.89. The summed E-state index contributed by atoms with van der Waals surface area (Å²) in [4.78, 5) is -0.593. The molecule has 1 aromatic heterocycles. The van der Waals surface area contributed by atoms with E-state index in [1.807, 2.05) is 0 Å². The normalized spacial score (nSPS) is 11.7. The summed E-state index contributed by atoms with van der Waals surface area (Å²) in [6, 6.07) is 3.92. The minimum Gasteiger partial charge on any atom is -0.276 e. The molecule has 0 saturated heterocycles. The van der Waals surface area contributed by atoms with Gasteiger partial charge in [-0.2, -0.15) is 5.10 Å². The highest BCUT2D eigenvalue weighted by Crippen LogP contribution is 2.15. The zero-order valence-electron chi connectivity index (χ0n) is 9.97. The molecule has 0 radical (unpaired) electrons. The van der Waals surface area contributed by atoms with Gasteiger partial charge in [-0.1, -0.05) is 0 Å². The van der Waals surface area contributed by atoms with Gasteiger partial charge in [0.1, 0.15) is 16.5 Å². The number of hydrogen-bond acceptors (Lipinski definition) is 3. The van der Waals surface area contributed by atoms with Gasteiger partial charge in [-0.15, -0.1) is 0 Å². The van der Waals surface area contributed by atoms with Crippen LogP contribution in [0.2, 0.25) is 0 Å². The average molecular weight is 287 g/mol. The molecule has 1 heterocycles. The first kappa shape index (κ1) is 13.6. The fraction of sp³-hybridized carbons (Fsp3) is 0.182. The van der Waals surface area contributed by atoms with Crippen LogP contribution in [-0.2, 0) is 23.6 Å². The Kier molecular flexibility index (Phi) is 3.63. The van der Waals surface area contributed by atoms with E-state index >= 15 is 0 Å². The molecule has 0 bridgehead atoms. The lowest BCUT2D eigenvalue weighted by molar-refractivity contribution is 0.542. The molecule has 1 aromatic carbocycles. The second-order valence-corrected chi connectivity index (χ2v) is 5.62. The fourth-order valence-electron chi connectivity index (χ4n) is 1.50. The van der Waals surface area contributed by atoms with Gasteiger partial charge in [0.25, 0.3) is 0 Å². The third-order valence-corrected chi connectivity index (χ3v) is 3.83. The van der Waals surface area contributed by atoms with Gasteiger partial charge in [0, 0.05) is 19.3 Å². The van der Waals surface area contributed by atoms with E-state index in [1.54, 1.807) is 19.3 Å². The van der Waals surface area contributed by atoms with Gasteiger partial charge < -0.3 is 0 Å². The predicted molar refractivity (Wildman–Crippen MR) is 63.6 cm³/mol. The van der Waals surface area contributed by atoms with Crippen LogP contribution in [0.4, 0.5) is 8.78 Å². The van der Waals surface area contributed by atoms with Crippen molar-refractivity contribution in [1.29, 1.82) is 0 Å². The minimum absolute atomic E-state index is 0.0695. The van der Waals surface area contributed by atoms with Crippen LogP contribution >= 0.6 is 0 Å². The van der Waals surface area contributed by atoms with Crippen LogP contribution in [0.3, 0.4) is 0 Å². The van der Waals surface area contributed by atoms with Gasteiger partial charge in [0.05, 0.1) is 12.2 Å². The van der Waals surface area contributed by atoms with Crippen LogP contribution in [0.15, 0.2) is 35.4 Å². The summed E-state index contributed by atoms with van der Waals surface area (Å²) < 4.78 is 53.5. The highest BCUT2D eigenvalue weighted by atomic mass is 32.2. The van der Waals surface area contributed by atoms with E-state index in [4.69, 9.17) is 0 Å². The molecule has 5 nitrogen and oxygen atoms in total. The third kappa shape index (κ3) is 3.15. The van der Waals surface area contributed by atoms with E-state index in [-0.39, 0.29) is 6.54 Å². The molecule has 0 aliphatic heterocycles. The first-order chi connectivity index (χ1) is 8.88. The Balaban J connectivity index is 2.18. The van der Waals surface area contributed by atoms with Crippen molar-refractivity contribution in [2.45, 2.75) is 11.4 Å². The lowest BCUT2D eigenvalue weighted by Crippen LogP contribution is -2.24. The maximum atomic E-state index is 13.4. The summed E-state index contributed by atoms with van der Waals surface area (Å²) in [6.07, 6.45) is 1.65. The van der Waals surface area contributed by atoms with Gasteiger partial charge in [0.2, 0.25) is 10.0 Å². The summed E-state index contributed by atoms with van der Waals surface area (Å²) in [5.41, 5.74) is 0.494. The first-order valence-electron chi connectivity index (χ1n) is 5.32. The van der Waals surface area contributed by atoms with Crippen LogP contribution in [0, 0.1) is 11.6 Å². The smallest absolute Gasteiger partial charge is 0.243 e. The molecule has 0 unspecified atom stereocenters. The molecule has 0 saturated carbocycles. The summed E-state index contributed by atoms with van der Waals surface area (Å²) >= 11 is 0. The topological polar surface area (TPSA) is 64.0 Å². The predicted octanol–water partition coefficient (Wildman–Crippen LogP) is 1.18. The molecular formula is C11H11F2N3O2S. The molecule has 2 rings (SSSR count). The molecule has 2 aromatic rings. The van der Waals surface area contributed by atoms with E-state index in [0.717, 1.165) is 12.1 Å². The maximum Gasteiger partial charge on any atom is 0.243 e. The second-order valence-electron chi connectivity index (χ2n) is 3.88. The van der Waals surface area contributed by atoms with E-state index in [2.05, 4.69) is 9.82 Å². The van der Waals surface area contributed by atoms with Crippen LogP contribution < -0.4 is 4.72 Å². The SMILES string of the molecule is Cn1ccc(CNS(=O)(=O)c2ccc(F)cc2F)n1. The number of benzene rings is 1. The lowest BCUT2D eigenvalue weighted by Gasteiger charge is -2.06. The number of aromatic nitrogens is 2. The summed E-state index contributed by atoms with van der Waals surface area (Å²) in [7, 11) is -2.35. The Bertz CT molecular complexity index is 698. The first-order valence-corrected chi connectivity index (χ1v) is 6.80. The van der Waals surface area contributed by atoms with Crippen molar-refractivity contribution in [3.63, 3.8) is 0 Å². The monoisotopic (exact) mass is 287 g/mol. The Morgan fingerprint density at radius 2 is 2.05 bits per heavy atom. The van der Waals surface area contributed by atoms with Crippen LogP contribution in [0.1, 0.15) is 5.69 Å². The van der Waals surface area contributed by atoms with Crippen molar-refractivity contribution in [2.24, 2.45) is 7.05 Å². The zero-order chi connectivity index (χ0) is 14.0. The summed E-state index contributed by atoms with van der Waals surface area (Å²) in [5.74, 6) is -1.96. The number of sulfonamides is 1. The Morgan fingerprint density at radius 1 is 1.32 bits per heavy atom. The molecule has 0 aliphatic carbocycles. The molecule has 102 valence electrons. The fourth-order valence-corrected chi connectivity index (χ4v) is 2.55. The average Bonchev–Trinajstić information content (AvgIpc) is 2.72. The number of aryl methyl sites for hydroxylation is 1. The van der Waals surface area contributed by atoms with Gasteiger partial charge >= 0.3 is 0 Å². The van der Waals surface area contributed by atoms with Crippen molar-refractivity contribution in [3.8, 4) is 0 Å². The maximum absolute atomic E-state index is 13.4. The Labute approximate surface area is 108 Å². The quantitative estimate of drug-likeness (QED) is 0.918. The van der Waals surface area contributed by atoms with Crippen LogP contribution in [0.5, 0.6) is 0 Å². The summed E-state index contributed by atoms with van der Waals surface area (Å²) in [6.45, 7) is -0.0695. The number of rotatable bonds is 4. The van der Waals surface area contributed by atoms with Gasteiger partial charge in [-0.25, -0.2) is 21.9 Å². The minimum atomic E-state index is -4.04. The van der Waals surface area contributed by atoms with Gasteiger partial charge in [-0.05, 0) is 18.2 Å². The molecule has 0 atom stereocenters. The van der Waals surface area contributed by atoms with Gasteiger partial charge in [-0.3, -0.25) is 4.68 Å². The molecule has 0 amide bonds. The van der Waals surface area contributed by atoms with Crippen molar-refractivity contribution in [2.75, 3.05) is 0 Å². The molecule has 1 N–H and O–H groups in total. The number of nitrogens with one attached hydrogen (secondary N) is 1. The van der Waals surface area contributed by atoms with Crippen molar-refractivity contribution in [3.05, 3.63) is 47.8 Å². The molecule has 0 aliphatic rings. The van der Waals surface area contributed by atoms with Crippen LogP contribution in [0.25, 0.3) is 0 Å². The number of hydrogen-bond donors (Lipinski definition) is 1. The third-order valence-electron chi connectivity index (χ3n) is 2.40. The van der Waals surface area contributed by atoms with Crippen molar-refractivity contribution >= 4 is 10.0 Å². The Morgan fingerprint density at radius 3 is 2.63 bits per heavy atom. The van der Waals surface area contributed by atoms with E-state index in [0.29, 0.717) is 11.8 Å². The number of halogens is 2. The molecule has 0 spiro atoms. The van der Waals surface area contributed by atoms with E-state index in [1.165, 1.54) is 4.68 Å². The largest absolute Gasteiger partial charge is 0.276 e. The summed E-state index contributed by atoms with van der Waals surface area (Å²) in [5, 5.41) is 3.98. The van der Waals surface area contributed by atoms with Crippen molar-refractivity contribution < 1.29 is 17.2 Å². The molecule has 0 fully saturated rings.